The average molecular weight is 889 g/mol. The Bertz CT molecular complexity index is 1930. The zero-order valence-electron chi connectivity index (χ0n) is 31.7. The number of rotatable bonds is 19. The van der Waals surface area contributed by atoms with Crippen molar-refractivity contribution in [3.8, 4) is 11.5 Å². The largest absolute Gasteiger partial charge is 0.494 e. The van der Waals surface area contributed by atoms with Gasteiger partial charge in [0.2, 0.25) is 0 Å². The van der Waals surface area contributed by atoms with Crippen LogP contribution in [-0.4, -0.2) is 53.8 Å². The normalized spacial score (nSPS) is 23.1. The van der Waals surface area contributed by atoms with Crippen LogP contribution in [0.15, 0.2) is 127 Å². The van der Waals surface area contributed by atoms with Crippen LogP contribution in [0.2, 0.25) is 5.02 Å². The van der Waals surface area contributed by atoms with Gasteiger partial charge in [-0.2, -0.15) is 0 Å². The summed E-state index contributed by atoms with van der Waals surface area (Å²) in [7, 11) is 0. The summed E-state index contributed by atoms with van der Waals surface area (Å²) in [5, 5.41) is 11.6. The fourth-order valence-corrected chi connectivity index (χ4v) is 8.58. The number of benzene rings is 5. The molecule has 294 valence electrons. The van der Waals surface area contributed by atoms with E-state index in [9.17, 15) is 5.11 Å². The van der Waals surface area contributed by atoms with E-state index in [1.54, 1.807) is 0 Å². The van der Waals surface area contributed by atoms with E-state index in [1.807, 2.05) is 116 Å². The van der Waals surface area contributed by atoms with Gasteiger partial charge in [0.25, 0.3) is 0 Å². The zero-order chi connectivity index (χ0) is 38.7. The first-order chi connectivity index (χ1) is 27.5. The van der Waals surface area contributed by atoms with E-state index in [2.05, 4.69) is 40.8 Å². The van der Waals surface area contributed by atoms with Crippen LogP contribution in [0.4, 0.5) is 0 Å². The lowest BCUT2D eigenvalue weighted by Crippen LogP contribution is -2.58. The van der Waals surface area contributed by atoms with Crippen molar-refractivity contribution >= 4 is 34.2 Å². The number of hydrogen-bond donors (Lipinski definition) is 1. The molecular formula is C47H50ClIO7. The van der Waals surface area contributed by atoms with E-state index in [0.29, 0.717) is 62.1 Å². The molecule has 1 aliphatic carbocycles. The summed E-state index contributed by atoms with van der Waals surface area (Å²) < 4.78 is 41.0. The van der Waals surface area contributed by atoms with Crippen molar-refractivity contribution in [2.24, 2.45) is 11.8 Å². The van der Waals surface area contributed by atoms with E-state index in [-0.39, 0.29) is 6.61 Å². The van der Waals surface area contributed by atoms with Crippen molar-refractivity contribution in [3.05, 3.63) is 166 Å². The zero-order valence-corrected chi connectivity index (χ0v) is 34.6. The third-order valence-electron chi connectivity index (χ3n) is 10.5. The summed E-state index contributed by atoms with van der Waals surface area (Å²) in [6.45, 7) is 3.82. The number of hydrogen-bond acceptors (Lipinski definition) is 7. The fourth-order valence-electron chi connectivity index (χ4n) is 7.28. The van der Waals surface area contributed by atoms with Gasteiger partial charge in [-0.15, -0.1) is 0 Å². The Morgan fingerprint density at radius 1 is 0.679 bits per heavy atom. The van der Waals surface area contributed by atoms with Gasteiger partial charge in [-0.1, -0.05) is 137 Å². The minimum Gasteiger partial charge on any atom is -0.494 e. The quantitative estimate of drug-likeness (QED) is 0.0654. The fraction of sp³-hybridized carbons (Fsp3) is 0.362. The van der Waals surface area contributed by atoms with Gasteiger partial charge in [-0.3, -0.25) is 0 Å². The van der Waals surface area contributed by atoms with Crippen molar-refractivity contribution in [2.75, 3.05) is 24.2 Å². The Labute approximate surface area is 349 Å². The first kappa shape index (κ1) is 40.7. The Hall–Kier alpha value is -3.48. The molecule has 0 bridgehead atoms. The van der Waals surface area contributed by atoms with Gasteiger partial charge in [-0.05, 0) is 83.7 Å². The predicted molar refractivity (Wildman–Crippen MR) is 228 cm³/mol. The molecule has 5 aromatic rings. The lowest BCUT2D eigenvalue weighted by atomic mass is 9.88. The summed E-state index contributed by atoms with van der Waals surface area (Å²) in [6.07, 6.45) is -1.65. The molecule has 0 radical (unpaired) electrons. The number of alkyl halides is 1. The molecular weight excluding hydrogens is 839 g/mol. The molecule has 1 heterocycles. The Morgan fingerprint density at radius 3 is 1.79 bits per heavy atom. The van der Waals surface area contributed by atoms with Gasteiger partial charge in [0.1, 0.15) is 42.0 Å². The minimum atomic E-state index is -0.731. The molecule has 0 aromatic heterocycles. The van der Waals surface area contributed by atoms with Gasteiger partial charge in [0, 0.05) is 15.0 Å². The maximum Gasteiger partial charge on any atom is 0.126 e. The predicted octanol–water partition coefficient (Wildman–Crippen LogP) is 9.97. The van der Waals surface area contributed by atoms with Crippen molar-refractivity contribution in [1.29, 1.82) is 0 Å². The summed E-state index contributed by atoms with van der Waals surface area (Å²) in [5.41, 5.74) is 5.85. The molecule has 1 N–H and O–H groups in total. The van der Waals surface area contributed by atoms with E-state index in [0.717, 1.165) is 50.0 Å². The van der Waals surface area contributed by atoms with Crippen molar-refractivity contribution in [2.45, 2.75) is 70.1 Å². The van der Waals surface area contributed by atoms with E-state index >= 15 is 0 Å². The smallest absolute Gasteiger partial charge is 0.126 e. The third-order valence-corrected chi connectivity index (χ3v) is 12.0. The number of halogens is 2. The second kappa shape index (κ2) is 20.3. The second-order valence-electron chi connectivity index (χ2n) is 14.5. The van der Waals surface area contributed by atoms with Gasteiger partial charge >= 0.3 is 0 Å². The summed E-state index contributed by atoms with van der Waals surface area (Å²) in [4.78, 5) is 0. The number of aliphatic hydroxyl groups excluding tert-OH is 1. The van der Waals surface area contributed by atoms with Crippen LogP contribution >= 0.6 is 34.2 Å². The summed E-state index contributed by atoms with van der Waals surface area (Å²) in [6, 6.07) is 42.3. The standard InChI is InChI=1S/C47H50ClIO7/c1-2-51-39-20-18-32(19-21-39)22-36-24-40(42(25-41(36)48)52-31-38-23-37(38)26-49)44-46(54-29-34-14-8-4-9-15-34)47(55-30-35-16-10-5-11-17-35)45(43(27-50)56-44)53-28-33-12-6-3-7-13-33/h3-21,24-25,37-38,43-47,50H,2,22-23,26-31H2,1H3/t37-,38+,43+,44-,45+,46-,47+/m0/s1. The average Bonchev–Trinajstić information content (AvgIpc) is 4.02. The van der Waals surface area contributed by atoms with Crippen LogP contribution in [0.25, 0.3) is 0 Å². The van der Waals surface area contributed by atoms with E-state index in [1.165, 1.54) is 0 Å². The highest BCUT2D eigenvalue weighted by atomic mass is 127. The van der Waals surface area contributed by atoms with Crippen molar-refractivity contribution < 1.29 is 33.5 Å². The van der Waals surface area contributed by atoms with Crippen molar-refractivity contribution in [1.82, 2.24) is 0 Å². The highest BCUT2D eigenvalue weighted by molar-refractivity contribution is 14.1. The number of aliphatic hydroxyl groups is 1. The molecule has 0 spiro atoms. The number of ether oxygens (including phenoxy) is 6. The van der Waals surface area contributed by atoms with Crippen LogP contribution in [0, 0.1) is 11.8 Å². The topological polar surface area (TPSA) is 75.6 Å². The van der Waals surface area contributed by atoms with Gasteiger partial charge in [0.05, 0.1) is 39.6 Å². The third kappa shape index (κ3) is 10.7. The molecule has 2 fully saturated rings. The first-order valence-corrected chi connectivity index (χ1v) is 21.4. The van der Waals surface area contributed by atoms with E-state index in [4.69, 9.17) is 40.0 Å². The van der Waals surface area contributed by atoms with Crippen molar-refractivity contribution in [3.63, 3.8) is 0 Å². The van der Waals surface area contributed by atoms with Crippen LogP contribution < -0.4 is 9.47 Å². The van der Waals surface area contributed by atoms with Crippen LogP contribution in [-0.2, 0) is 45.2 Å². The maximum atomic E-state index is 11.0. The molecule has 1 aliphatic heterocycles. The Morgan fingerprint density at radius 2 is 1.25 bits per heavy atom. The molecule has 1 saturated heterocycles. The SMILES string of the molecule is CCOc1ccc(Cc2cc([C@@H]3O[C@H](CO)[C@@H](OCc4ccccc4)[C@@H](OCc4ccccc4)[C@H]3OCc3ccccc3)c(OC[C@H]3C[C@H]3CI)cc2Cl)cc1. The van der Waals surface area contributed by atoms with Crippen LogP contribution in [0.3, 0.4) is 0 Å². The molecule has 56 heavy (non-hydrogen) atoms. The lowest BCUT2D eigenvalue weighted by Gasteiger charge is -2.46. The van der Waals surface area contributed by atoms with Crippen LogP contribution in [0.5, 0.6) is 11.5 Å². The maximum absolute atomic E-state index is 11.0. The molecule has 7 atom stereocenters. The summed E-state index contributed by atoms with van der Waals surface area (Å²) in [5.74, 6) is 2.61. The molecule has 0 unspecified atom stereocenters. The Balaban J connectivity index is 1.28. The minimum absolute atomic E-state index is 0.283. The monoisotopic (exact) mass is 888 g/mol. The summed E-state index contributed by atoms with van der Waals surface area (Å²) >= 11 is 9.55. The first-order valence-electron chi connectivity index (χ1n) is 19.5. The second-order valence-corrected chi connectivity index (χ2v) is 15.8. The molecule has 7 rings (SSSR count). The molecule has 1 saturated carbocycles. The highest BCUT2D eigenvalue weighted by Crippen LogP contribution is 2.45. The molecule has 0 amide bonds. The van der Waals surface area contributed by atoms with Crippen LogP contribution in [0.1, 0.15) is 52.8 Å². The molecule has 7 nitrogen and oxygen atoms in total. The van der Waals surface area contributed by atoms with Gasteiger partial charge in [-0.25, -0.2) is 0 Å². The molecule has 9 heteroatoms. The lowest BCUT2D eigenvalue weighted by molar-refractivity contribution is -0.272. The Kier molecular flexibility index (Phi) is 14.7. The molecule has 5 aromatic carbocycles. The van der Waals surface area contributed by atoms with E-state index < -0.39 is 30.5 Å². The van der Waals surface area contributed by atoms with Gasteiger partial charge in [0.15, 0.2) is 0 Å². The highest BCUT2D eigenvalue weighted by Gasteiger charge is 2.49. The molecule has 2 aliphatic rings. The van der Waals surface area contributed by atoms with Gasteiger partial charge < -0.3 is 33.5 Å².